The number of nitrogens with one attached hydrogen (secondary N) is 1. The molecule has 0 radical (unpaired) electrons. The number of hydrogen-bond acceptors (Lipinski definition) is 5. The van der Waals surface area contributed by atoms with Crippen LogP contribution in [-0.4, -0.2) is 45.8 Å². The minimum atomic E-state index is 0.150. The fourth-order valence-corrected chi connectivity index (χ4v) is 4.75. The van der Waals surface area contributed by atoms with E-state index in [0.29, 0.717) is 18.0 Å². The third-order valence-electron chi connectivity index (χ3n) is 6.46. The maximum atomic E-state index is 13.0. The first kappa shape index (κ1) is 19.9. The molecule has 0 spiro atoms. The third-order valence-corrected chi connectivity index (χ3v) is 6.46. The quantitative estimate of drug-likeness (QED) is 0.708. The number of hydrogen-bond donors (Lipinski definition) is 1. The molecule has 1 aromatic carbocycles. The molecule has 1 fully saturated rings. The van der Waals surface area contributed by atoms with E-state index < -0.39 is 0 Å². The van der Waals surface area contributed by atoms with Gasteiger partial charge >= 0.3 is 0 Å². The van der Waals surface area contributed by atoms with Crippen LogP contribution in [0.5, 0.6) is 0 Å². The lowest BCUT2D eigenvalue weighted by atomic mass is 10.0. The summed E-state index contributed by atoms with van der Waals surface area (Å²) >= 11 is 0. The molecule has 0 bridgehead atoms. The van der Waals surface area contributed by atoms with E-state index in [1.807, 2.05) is 36.7 Å². The monoisotopic (exact) mass is 415 g/mol. The van der Waals surface area contributed by atoms with Crippen LogP contribution >= 0.6 is 0 Å². The molecule has 6 nitrogen and oxygen atoms in total. The summed E-state index contributed by atoms with van der Waals surface area (Å²) in [7, 11) is 0. The van der Waals surface area contributed by atoms with Gasteiger partial charge in [-0.2, -0.15) is 0 Å². The van der Waals surface area contributed by atoms with E-state index in [0.717, 1.165) is 60.8 Å². The number of anilines is 1. The number of aryl methyl sites for hydroxylation is 3. The molecule has 3 aromatic rings. The molecule has 160 valence electrons. The van der Waals surface area contributed by atoms with Gasteiger partial charge in [-0.25, -0.2) is 4.98 Å². The van der Waals surface area contributed by atoms with Crippen molar-refractivity contribution >= 4 is 28.8 Å². The molecule has 2 aromatic heterocycles. The third kappa shape index (κ3) is 3.76. The molecule has 1 aliphatic carbocycles. The fraction of sp³-hybridized carbons (Fsp3) is 0.400. The summed E-state index contributed by atoms with van der Waals surface area (Å²) in [5.74, 6) is 0.150. The van der Waals surface area contributed by atoms with Crippen molar-refractivity contribution in [1.29, 1.82) is 0 Å². The topological polar surface area (TPSA) is 62.5 Å². The number of rotatable bonds is 3. The summed E-state index contributed by atoms with van der Waals surface area (Å²) in [4.78, 5) is 24.7. The van der Waals surface area contributed by atoms with Crippen molar-refractivity contribution < 1.29 is 4.79 Å². The largest absolute Gasteiger partial charge is 0.369 e. The molecule has 2 aliphatic rings. The number of allylic oxidation sites excluding steroid dienone is 1. The van der Waals surface area contributed by atoms with Crippen molar-refractivity contribution in [3.8, 4) is 0 Å². The number of carbonyl (C=O) groups is 1. The number of piperazine rings is 1. The van der Waals surface area contributed by atoms with E-state index in [9.17, 15) is 4.79 Å². The minimum absolute atomic E-state index is 0.150. The molecule has 1 atom stereocenters. The molecule has 0 amide bonds. The molecule has 6 heteroatoms. The van der Waals surface area contributed by atoms with Crippen molar-refractivity contribution in [2.24, 2.45) is 0 Å². The molecule has 1 N–H and O–H groups in total. The van der Waals surface area contributed by atoms with Crippen molar-refractivity contribution in [2.75, 3.05) is 24.5 Å². The second-order valence-electron chi connectivity index (χ2n) is 8.69. The highest BCUT2D eigenvalue weighted by Crippen LogP contribution is 2.30. The Bertz CT molecular complexity index is 1190. The highest BCUT2D eigenvalue weighted by Gasteiger charge is 2.23. The first-order chi connectivity index (χ1) is 15.0. The Balaban J connectivity index is 1.51. The molecular formula is C25H29N5O. The van der Waals surface area contributed by atoms with Gasteiger partial charge in [-0.1, -0.05) is 13.0 Å². The van der Waals surface area contributed by atoms with E-state index in [1.165, 1.54) is 11.3 Å². The van der Waals surface area contributed by atoms with Gasteiger partial charge in [0, 0.05) is 55.8 Å². The summed E-state index contributed by atoms with van der Waals surface area (Å²) in [5, 5.41) is 3.58. The number of nitrogens with zero attached hydrogens (tertiary/aromatic N) is 4. The summed E-state index contributed by atoms with van der Waals surface area (Å²) in [6.45, 7) is 9.22. The lowest BCUT2D eigenvalue weighted by molar-refractivity contribution is -0.113. The van der Waals surface area contributed by atoms with Crippen molar-refractivity contribution in [3.63, 3.8) is 0 Å². The standard InChI is InChI=1S/C25H29N5O/c1-4-20-14-29(10-9-26-20)21-7-5-19-12-22(24(31)8-6-18(19)11-21)23-15-30-13-16(2)27-17(3)25(30)28-23/h5,7,11-13,15,20,26H,4,6,8-10,14H2,1-3H3. The maximum absolute atomic E-state index is 13.0. The van der Waals surface area contributed by atoms with Crippen LogP contribution in [0.25, 0.3) is 17.3 Å². The first-order valence-corrected chi connectivity index (χ1v) is 11.2. The van der Waals surface area contributed by atoms with Crippen LogP contribution < -0.4 is 10.2 Å². The highest BCUT2D eigenvalue weighted by atomic mass is 16.1. The van der Waals surface area contributed by atoms with Gasteiger partial charge in [0.1, 0.15) is 0 Å². The minimum Gasteiger partial charge on any atom is -0.369 e. The van der Waals surface area contributed by atoms with E-state index in [1.54, 1.807) is 0 Å². The summed E-state index contributed by atoms with van der Waals surface area (Å²) < 4.78 is 1.98. The smallest absolute Gasteiger partial charge is 0.165 e. The molecule has 31 heavy (non-hydrogen) atoms. The van der Waals surface area contributed by atoms with E-state index >= 15 is 0 Å². The van der Waals surface area contributed by atoms with Gasteiger partial charge in [-0.05, 0) is 56.0 Å². The number of aromatic nitrogens is 3. The van der Waals surface area contributed by atoms with Crippen LogP contribution in [0.1, 0.15) is 48.0 Å². The van der Waals surface area contributed by atoms with Crippen LogP contribution in [-0.2, 0) is 11.2 Å². The van der Waals surface area contributed by atoms with Gasteiger partial charge in [0.15, 0.2) is 11.4 Å². The van der Waals surface area contributed by atoms with E-state index in [4.69, 9.17) is 4.98 Å². The Morgan fingerprint density at radius 3 is 2.87 bits per heavy atom. The SMILES string of the molecule is CCC1CN(c2ccc3c(c2)CCC(=O)C(c2cn4cc(C)nc(C)c4n2)=C3)CCN1. The first-order valence-electron chi connectivity index (χ1n) is 11.2. The van der Waals surface area contributed by atoms with Crippen molar-refractivity contribution in [2.45, 2.75) is 46.1 Å². The molecular weight excluding hydrogens is 386 g/mol. The zero-order valence-corrected chi connectivity index (χ0v) is 18.5. The molecule has 0 saturated carbocycles. The van der Waals surface area contributed by atoms with Gasteiger partial charge in [0.05, 0.1) is 17.1 Å². The summed E-state index contributed by atoms with van der Waals surface area (Å²) in [6.07, 6.45) is 8.33. The Morgan fingerprint density at radius 2 is 2.03 bits per heavy atom. The maximum Gasteiger partial charge on any atom is 0.165 e. The van der Waals surface area contributed by atoms with Crippen LogP contribution in [0, 0.1) is 13.8 Å². The number of ketones is 1. The average Bonchev–Trinajstić information content (AvgIpc) is 3.12. The predicted octanol–water partition coefficient (Wildman–Crippen LogP) is 3.59. The van der Waals surface area contributed by atoms with Crippen molar-refractivity contribution in [3.05, 3.63) is 58.8 Å². The zero-order chi connectivity index (χ0) is 21.5. The zero-order valence-electron chi connectivity index (χ0n) is 18.5. The van der Waals surface area contributed by atoms with Crippen LogP contribution in [0.15, 0.2) is 30.6 Å². The van der Waals surface area contributed by atoms with Crippen LogP contribution in [0.4, 0.5) is 5.69 Å². The summed E-state index contributed by atoms with van der Waals surface area (Å²) in [6, 6.07) is 7.18. The fourth-order valence-electron chi connectivity index (χ4n) is 4.75. The normalized spacial score (nSPS) is 19.3. The van der Waals surface area contributed by atoms with E-state index in [-0.39, 0.29) is 5.78 Å². The molecule has 3 heterocycles. The number of imidazole rings is 1. The van der Waals surface area contributed by atoms with Crippen LogP contribution in [0.2, 0.25) is 0 Å². The predicted molar refractivity (Wildman–Crippen MR) is 124 cm³/mol. The number of carbonyl (C=O) groups excluding carboxylic acids is 1. The second kappa shape index (κ2) is 7.93. The van der Waals surface area contributed by atoms with Crippen LogP contribution in [0.3, 0.4) is 0 Å². The number of Topliss-reactive ketones (excluding diaryl/α,β-unsaturated/α-hetero) is 1. The number of fused-ring (bicyclic) bond motifs is 2. The summed E-state index contributed by atoms with van der Waals surface area (Å²) in [5.41, 5.74) is 7.65. The highest BCUT2D eigenvalue weighted by molar-refractivity contribution is 6.25. The van der Waals surface area contributed by atoms with Gasteiger partial charge in [0.2, 0.25) is 0 Å². The van der Waals surface area contributed by atoms with E-state index in [2.05, 4.69) is 40.3 Å². The van der Waals surface area contributed by atoms with Gasteiger partial charge < -0.3 is 14.6 Å². The Morgan fingerprint density at radius 1 is 1.16 bits per heavy atom. The van der Waals surface area contributed by atoms with Crippen molar-refractivity contribution in [1.82, 2.24) is 19.7 Å². The lowest BCUT2D eigenvalue weighted by Crippen LogP contribution is -2.50. The Labute approximate surface area is 183 Å². The molecule has 1 saturated heterocycles. The second-order valence-corrected chi connectivity index (χ2v) is 8.69. The van der Waals surface area contributed by atoms with Gasteiger partial charge in [-0.3, -0.25) is 9.78 Å². The Hall–Kier alpha value is -2.99. The Kier molecular flexibility index (Phi) is 5.10. The molecule has 1 unspecified atom stereocenters. The lowest BCUT2D eigenvalue weighted by Gasteiger charge is -2.35. The molecule has 1 aliphatic heterocycles. The van der Waals surface area contributed by atoms with Gasteiger partial charge in [0.25, 0.3) is 0 Å². The molecule has 5 rings (SSSR count). The number of benzene rings is 1. The van der Waals surface area contributed by atoms with Gasteiger partial charge in [-0.15, -0.1) is 0 Å². The average molecular weight is 416 g/mol.